The molecule has 0 spiro atoms. The summed E-state index contributed by atoms with van der Waals surface area (Å²) in [6.07, 6.45) is -0.884. The number of aliphatic hydroxyl groups is 1. The van der Waals surface area contributed by atoms with Gasteiger partial charge in [0.1, 0.15) is 11.6 Å². The fraction of sp³-hybridized carbons (Fsp3) is 0.357. The molecule has 0 amide bonds. The van der Waals surface area contributed by atoms with E-state index in [1.807, 2.05) is 6.92 Å². The maximum absolute atomic E-state index is 13.4. The Morgan fingerprint density at radius 1 is 1.37 bits per heavy atom. The van der Waals surface area contributed by atoms with Gasteiger partial charge in [-0.05, 0) is 13.0 Å². The van der Waals surface area contributed by atoms with Gasteiger partial charge >= 0.3 is 0 Å². The molecule has 0 saturated carbocycles. The van der Waals surface area contributed by atoms with Crippen LogP contribution in [0.15, 0.2) is 28.7 Å². The van der Waals surface area contributed by atoms with Crippen LogP contribution >= 0.6 is 0 Å². The molecule has 4 nitrogen and oxygen atoms in total. The zero-order valence-corrected chi connectivity index (χ0v) is 11.0. The molecule has 1 atom stereocenters. The highest BCUT2D eigenvalue weighted by Gasteiger charge is 2.12. The molecule has 2 rings (SSSR count). The van der Waals surface area contributed by atoms with Crippen LogP contribution in [0.1, 0.15) is 29.0 Å². The molecule has 0 saturated heterocycles. The van der Waals surface area contributed by atoms with Gasteiger partial charge in [-0.1, -0.05) is 18.2 Å². The van der Waals surface area contributed by atoms with Crippen LogP contribution in [0.25, 0.3) is 0 Å². The molecule has 102 valence electrons. The number of rotatable bonds is 5. The van der Waals surface area contributed by atoms with Gasteiger partial charge in [0.25, 0.3) is 0 Å². The number of aromatic nitrogens is 1. The molecule has 2 aromatic rings. The van der Waals surface area contributed by atoms with E-state index in [9.17, 15) is 9.50 Å². The zero-order chi connectivity index (χ0) is 13.8. The molecule has 1 aromatic carbocycles. The van der Waals surface area contributed by atoms with E-state index in [0.29, 0.717) is 18.0 Å². The fourth-order valence-electron chi connectivity index (χ4n) is 1.92. The standard InChI is InChI=1S/C14H17FN2O2/c1-9-14(19-10(2)17-9)8-16-7-13(18)11-5-3-4-6-12(11)15/h3-6,13,16,18H,7-8H2,1-2H3. The lowest BCUT2D eigenvalue weighted by Gasteiger charge is -2.12. The first-order chi connectivity index (χ1) is 9.08. The van der Waals surface area contributed by atoms with Gasteiger partial charge in [0.15, 0.2) is 5.89 Å². The Kier molecular flexibility index (Phi) is 4.29. The number of hydrogen-bond donors (Lipinski definition) is 2. The van der Waals surface area contributed by atoms with Crippen LogP contribution in [0.3, 0.4) is 0 Å². The van der Waals surface area contributed by atoms with Crippen molar-refractivity contribution in [3.63, 3.8) is 0 Å². The molecule has 0 aliphatic rings. The van der Waals surface area contributed by atoms with Crippen LogP contribution in [0.4, 0.5) is 4.39 Å². The van der Waals surface area contributed by atoms with Crippen LogP contribution < -0.4 is 5.32 Å². The minimum absolute atomic E-state index is 0.250. The van der Waals surface area contributed by atoms with E-state index in [1.54, 1.807) is 25.1 Å². The third kappa shape index (κ3) is 3.39. The van der Waals surface area contributed by atoms with Gasteiger partial charge < -0.3 is 14.8 Å². The van der Waals surface area contributed by atoms with Crippen molar-refractivity contribution >= 4 is 0 Å². The lowest BCUT2D eigenvalue weighted by molar-refractivity contribution is 0.168. The molecule has 0 aliphatic heterocycles. The summed E-state index contributed by atoms with van der Waals surface area (Å²) < 4.78 is 18.8. The fourth-order valence-corrected chi connectivity index (χ4v) is 1.92. The third-order valence-electron chi connectivity index (χ3n) is 2.89. The number of aryl methyl sites for hydroxylation is 2. The molecule has 2 N–H and O–H groups in total. The lowest BCUT2D eigenvalue weighted by atomic mass is 10.1. The van der Waals surface area contributed by atoms with Crippen molar-refractivity contribution in [2.24, 2.45) is 0 Å². The molecule has 1 aromatic heterocycles. The Bertz CT molecular complexity index is 554. The van der Waals surface area contributed by atoms with Crippen LogP contribution in [0.5, 0.6) is 0 Å². The van der Waals surface area contributed by atoms with Gasteiger partial charge in [0.2, 0.25) is 0 Å². The van der Waals surface area contributed by atoms with E-state index < -0.39 is 11.9 Å². The van der Waals surface area contributed by atoms with Gasteiger partial charge in [-0.3, -0.25) is 0 Å². The van der Waals surface area contributed by atoms with E-state index in [-0.39, 0.29) is 6.54 Å². The van der Waals surface area contributed by atoms with Crippen molar-refractivity contribution in [2.45, 2.75) is 26.5 Å². The smallest absolute Gasteiger partial charge is 0.191 e. The summed E-state index contributed by atoms with van der Waals surface area (Å²) >= 11 is 0. The minimum atomic E-state index is -0.884. The van der Waals surface area contributed by atoms with Gasteiger partial charge in [-0.2, -0.15) is 0 Å². The Balaban J connectivity index is 1.89. The predicted molar refractivity (Wildman–Crippen MR) is 69.0 cm³/mol. The van der Waals surface area contributed by atoms with Crippen molar-refractivity contribution in [2.75, 3.05) is 6.54 Å². The number of aliphatic hydroxyl groups excluding tert-OH is 1. The monoisotopic (exact) mass is 264 g/mol. The number of nitrogens with zero attached hydrogens (tertiary/aromatic N) is 1. The summed E-state index contributed by atoms with van der Waals surface area (Å²) in [5.74, 6) is 0.950. The molecule has 19 heavy (non-hydrogen) atoms. The van der Waals surface area contributed by atoms with Crippen LogP contribution in [-0.2, 0) is 6.54 Å². The summed E-state index contributed by atoms with van der Waals surface area (Å²) in [6.45, 7) is 4.35. The zero-order valence-electron chi connectivity index (χ0n) is 11.0. The number of hydrogen-bond acceptors (Lipinski definition) is 4. The van der Waals surface area contributed by atoms with E-state index in [0.717, 1.165) is 11.5 Å². The topological polar surface area (TPSA) is 58.3 Å². The summed E-state index contributed by atoms with van der Waals surface area (Å²) in [6, 6.07) is 6.21. The average Bonchev–Trinajstić information content (AvgIpc) is 2.68. The van der Waals surface area contributed by atoms with Crippen molar-refractivity contribution in [1.82, 2.24) is 10.3 Å². The maximum atomic E-state index is 13.4. The largest absolute Gasteiger partial charge is 0.444 e. The Hall–Kier alpha value is -1.72. The highest BCUT2D eigenvalue weighted by molar-refractivity contribution is 5.20. The predicted octanol–water partition coefficient (Wildman–Crippen LogP) is 2.25. The van der Waals surface area contributed by atoms with Crippen LogP contribution in [-0.4, -0.2) is 16.6 Å². The first kappa shape index (κ1) is 13.7. The van der Waals surface area contributed by atoms with Crippen molar-refractivity contribution in [3.8, 4) is 0 Å². The summed E-state index contributed by atoms with van der Waals surface area (Å²) in [4.78, 5) is 4.15. The van der Waals surface area contributed by atoms with E-state index in [1.165, 1.54) is 6.07 Å². The normalized spacial score (nSPS) is 12.6. The van der Waals surface area contributed by atoms with E-state index in [2.05, 4.69) is 10.3 Å². The van der Waals surface area contributed by atoms with E-state index in [4.69, 9.17) is 4.42 Å². The number of oxazole rings is 1. The number of halogens is 1. The second kappa shape index (κ2) is 5.95. The molecule has 0 fully saturated rings. The molecule has 1 heterocycles. The third-order valence-corrected chi connectivity index (χ3v) is 2.89. The molecule has 0 radical (unpaired) electrons. The lowest BCUT2D eigenvalue weighted by Crippen LogP contribution is -2.21. The highest BCUT2D eigenvalue weighted by atomic mass is 19.1. The number of benzene rings is 1. The Labute approximate surface area is 111 Å². The Morgan fingerprint density at radius 3 is 2.74 bits per heavy atom. The van der Waals surface area contributed by atoms with Crippen molar-refractivity contribution in [3.05, 3.63) is 53.0 Å². The van der Waals surface area contributed by atoms with Gasteiger partial charge in [0.05, 0.1) is 18.3 Å². The first-order valence-electron chi connectivity index (χ1n) is 6.14. The molecule has 1 unspecified atom stereocenters. The van der Waals surface area contributed by atoms with Gasteiger partial charge in [-0.25, -0.2) is 9.37 Å². The molecule has 0 aliphatic carbocycles. The Morgan fingerprint density at radius 2 is 2.11 bits per heavy atom. The molecule has 0 bridgehead atoms. The van der Waals surface area contributed by atoms with Crippen LogP contribution in [0, 0.1) is 19.7 Å². The van der Waals surface area contributed by atoms with E-state index >= 15 is 0 Å². The van der Waals surface area contributed by atoms with Gasteiger partial charge in [0, 0.05) is 19.0 Å². The summed E-state index contributed by atoms with van der Waals surface area (Å²) in [7, 11) is 0. The molecular formula is C14H17FN2O2. The number of nitrogens with one attached hydrogen (secondary N) is 1. The average molecular weight is 264 g/mol. The van der Waals surface area contributed by atoms with Crippen molar-refractivity contribution < 1.29 is 13.9 Å². The van der Waals surface area contributed by atoms with Crippen LogP contribution in [0.2, 0.25) is 0 Å². The first-order valence-corrected chi connectivity index (χ1v) is 6.14. The molecule has 5 heteroatoms. The minimum Gasteiger partial charge on any atom is -0.444 e. The second-order valence-electron chi connectivity index (χ2n) is 4.41. The summed E-state index contributed by atoms with van der Waals surface area (Å²) in [5, 5.41) is 12.9. The summed E-state index contributed by atoms with van der Waals surface area (Å²) in [5.41, 5.74) is 1.12. The maximum Gasteiger partial charge on any atom is 0.191 e. The highest BCUT2D eigenvalue weighted by Crippen LogP contribution is 2.16. The van der Waals surface area contributed by atoms with Crippen molar-refractivity contribution in [1.29, 1.82) is 0 Å². The second-order valence-corrected chi connectivity index (χ2v) is 4.41. The van der Waals surface area contributed by atoms with Gasteiger partial charge in [-0.15, -0.1) is 0 Å². The quantitative estimate of drug-likeness (QED) is 0.869. The molecular weight excluding hydrogens is 247 g/mol. The SMILES string of the molecule is Cc1nc(C)c(CNCC(O)c2ccccc2F)o1.